The summed E-state index contributed by atoms with van der Waals surface area (Å²) in [5.74, 6) is -1.90. The zero-order chi connectivity index (χ0) is 24.5. The number of halogens is 4. The average molecular weight is 498 g/mol. The third-order valence-corrected chi connectivity index (χ3v) is 7.20. The van der Waals surface area contributed by atoms with Crippen molar-refractivity contribution in [2.75, 3.05) is 18.4 Å². The van der Waals surface area contributed by atoms with Crippen LogP contribution >= 0.6 is 0 Å². The SMILES string of the molecule is O=C(Nc1nnc(-c2ccc(C(F)(F)F)cc2)o1)C1CCCN(S(=O)(=O)c2ccc(F)cc2)C1. The van der Waals surface area contributed by atoms with Gasteiger partial charge in [0.05, 0.1) is 16.4 Å². The lowest BCUT2D eigenvalue weighted by Gasteiger charge is -2.30. The minimum absolute atomic E-state index is 0.0759. The number of piperidine rings is 1. The normalized spacial score (nSPS) is 17.5. The first-order valence-corrected chi connectivity index (χ1v) is 11.6. The molecule has 1 aliphatic heterocycles. The zero-order valence-corrected chi connectivity index (χ0v) is 18.2. The predicted molar refractivity (Wildman–Crippen MR) is 111 cm³/mol. The third-order valence-electron chi connectivity index (χ3n) is 5.32. The van der Waals surface area contributed by atoms with E-state index in [1.807, 2.05) is 0 Å². The maximum atomic E-state index is 13.1. The topological polar surface area (TPSA) is 105 Å². The van der Waals surface area contributed by atoms with Crippen molar-refractivity contribution in [3.63, 3.8) is 0 Å². The Bertz CT molecular complexity index is 1280. The molecule has 4 rings (SSSR count). The highest BCUT2D eigenvalue weighted by atomic mass is 32.2. The van der Waals surface area contributed by atoms with Crippen LogP contribution in [0, 0.1) is 11.7 Å². The second-order valence-electron chi connectivity index (χ2n) is 7.63. The van der Waals surface area contributed by atoms with Crippen LogP contribution in [0.1, 0.15) is 18.4 Å². The molecule has 1 atom stereocenters. The van der Waals surface area contributed by atoms with E-state index in [4.69, 9.17) is 4.42 Å². The lowest BCUT2D eigenvalue weighted by Crippen LogP contribution is -2.43. The fourth-order valence-corrected chi connectivity index (χ4v) is 5.05. The van der Waals surface area contributed by atoms with Gasteiger partial charge in [0.1, 0.15) is 5.82 Å². The molecule has 2 heterocycles. The molecule has 0 radical (unpaired) electrons. The van der Waals surface area contributed by atoms with Crippen LogP contribution in [0.4, 0.5) is 23.6 Å². The Morgan fingerprint density at radius 1 is 1.06 bits per heavy atom. The number of alkyl halides is 3. The number of carbonyl (C=O) groups is 1. The average Bonchev–Trinajstić information content (AvgIpc) is 3.27. The molecule has 180 valence electrons. The van der Waals surface area contributed by atoms with Crippen molar-refractivity contribution in [1.29, 1.82) is 0 Å². The fraction of sp³-hybridized carbons (Fsp3) is 0.286. The van der Waals surface area contributed by atoms with Crippen LogP contribution in [0.2, 0.25) is 0 Å². The van der Waals surface area contributed by atoms with Crippen LogP contribution < -0.4 is 5.32 Å². The first-order valence-electron chi connectivity index (χ1n) is 10.1. The van der Waals surface area contributed by atoms with Crippen molar-refractivity contribution in [1.82, 2.24) is 14.5 Å². The largest absolute Gasteiger partial charge is 0.416 e. The van der Waals surface area contributed by atoms with Gasteiger partial charge in [0.2, 0.25) is 21.8 Å². The number of amides is 1. The van der Waals surface area contributed by atoms with Gasteiger partial charge in [-0.05, 0) is 61.4 Å². The Labute approximate surface area is 191 Å². The standard InChI is InChI=1S/C21H18F4N4O4S/c22-16-7-9-17(10-8-16)34(31,32)29-11-1-2-14(12-29)18(30)26-20-28-27-19(33-20)13-3-5-15(6-4-13)21(23,24)25/h3-10,14H,1-2,11-12H2,(H,26,28,30). The van der Waals surface area contributed by atoms with E-state index in [1.165, 1.54) is 12.1 Å². The monoisotopic (exact) mass is 498 g/mol. The van der Waals surface area contributed by atoms with E-state index in [1.54, 1.807) is 0 Å². The summed E-state index contributed by atoms with van der Waals surface area (Å²) < 4.78 is 83.4. The molecule has 1 amide bonds. The number of anilines is 1. The molecule has 3 aromatic rings. The number of carbonyl (C=O) groups excluding carboxylic acids is 1. The molecule has 0 aliphatic carbocycles. The highest BCUT2D eigenvalue weighted by Crippen LogP contribution is 2.31. The molecule has 1 saturated heterocycles. The third kappa shape index (κ3) is 5.09. The van der Waals surface area contributed by atoms with Gasteiger partial charge in [-0.1, -0.05) is 5.10 Å². The lowest BCUT2D eigenvalue weighted by atomic mass is 9.99. The lowest BCUT2D eigenvalue weighted by molar-refractivity contribution is -0.137. The Hall–Kier alpha value is -3.32. The van der Waals surface area contributed by atoms with Crippen LogP contribution in [-0.4, -0.2) is 41.9 Å². The van der Waals surface area contributed by atoms with Crippen LogP contribution in [0.15, 0.2) is 57.8 Å². The first-order chi connectivity index (χ1) is 16.0. The number of nitrogens with one attached hydrogen (secondary N) is 1. The molecule has 34 heavy (non-hydrogen) atoms. The maximum Gasteiger partial charge on any atom is 0.416 e. The Kier molecular flexibility index (Phi) is 6.41. The molecule has 0 spiro atoms. The van der Waals surface area contributed by atoms with Gasteiger partial charge in [-0.25, -0.2) is 12.8 Å². The molecule has 1 aromatic heterocycles. The van der Waals surface area contributed by atoms with Crippen LogP contribution in [0.5, 0.6) is 0 Å². The van der Waals surface area contributed by atoms with E-state index in [0.717, 1.165) is 40.7 Å². The van der Waals surface area contributed by atoms with Gasteiger partial charge < -0.3 is 4.42 Å². The van der Waals surface area contributed by atoms with Gasteiger partial charge in [-0.3, -0.25) is 10.1 Å². The molecule has 1 aliphatic rings. The molecule has 1 unspecified atom stereocenters. The second-order valence-corrected chi connectivity index (χ2v) is 9.57. The number of hydrogen-bond acceptors (Lipinski definition) is 6. The van der Waals surface area contributed by atoms with E-state index in [0.29, 0.717) is 12.8 Å². The molecular formula is C21H18F4N4O4S. The summed E-state index contributed by atoms with van der Waals surface area (Å²) in [6.07, 6.45) is -3.63. The molecule has 8 nitrogen and oxygen atoms in total. The molecule has 13 heteroatoms. The summed E-state index contributed by atoms with van der Waals surface area (Å²) in [7, 11) is -3.91. The van der Waals surface area contributed by atoms with Crippen molar-refractivity contribution in [3.05, 3.63) is 59.9 Å². The number of sulfonamides is 1. The smallest absolute Gasteiger partial charge is 0.403 e. The molecule has 1 fully saturated rings. The van der Waals surface area contributed by atoms with Crippen LogP contribution in [-0.2, 0) is 21.0 Å². The van der Waals surface area contributed by atoms with Crippen LogP contribution in [0.25, 0.3) is 11.5 Å². The Morgan fingerprint density at radius 3 is 2.38 bits per heavy atom. The van der Waals surface area contributed by atoms with Gasteiger partial charge in [0.25, 0.3) is 0 Å². The van der Waals surface area contributed by atoms with E-state index in [9.17, 15) is 30.8 Å². The summed E-state index contributed by atoms with van der Waals surface area (Å²) in [5, 5.41) is 9.84. The summed E-state index contributed by atoms with van der Waals surface area (Å²) in [5.41, 5.74) is -0.600. The summed E-state index contributed by atoms with van der Waals surface area (Å²) in [6, 6.07) is 8.23. The van der Waals surface area contributed by atoms with Crippen molar-refractivity contribution >= 4 is 21.9 Å². The Balaban J connectivity index is 1.42. The van der Waals surface area contributed by atoms with Gasteiger partial charge in [-0.15, -0.1) is 5.10 Å². The van der Waals surface area contributed by atoms with Gasteiger partial charge >= 0.3 is 12.2 Å². The fourth-order valence-electron chi connectivity index (χ4n) is 3.53. The minimum atomic E-state index is -4.48. The highest BCUT2D eigenvalue weighted by molar-refractivity contribution is 7.89. The predicted octanol–water partition coefficient (Wildman–Crippen LogP) is 3.93. The number of hydrogen-bond donors (Lipinski definition) is 1. The number of nitrogens with zero attached hydrogens (tertiary/aromatic N) is 3. The minimum Gasteiger partial charge on any atom is -0.403 e. The van der Waals surface area contributed by atoms with E-state index in [2.05, 4.69) is 15.5 Å². The molecular weight excluding hydrogens is 480 g/mol. The zero-order valence-electron chi connectivity index (χ0n) is 17.4. The van der Waals surface area contributed by atoms with Crippen molar-refractivity contribution in [2.24, 2.45) is 5.92 Å². The highest BCUT2D eigenvalue weighted by Gasteiger charge is 2.34. The van der Waals surface area contributed by atoms with Gasteiger partial charge in [0, 0.05) is 18.7 Å². The quantitative estimate of drug-likeness (QED) is 0.535. The summed E-state index contributed by atoms with van der Waals surface area (Å²) in [4.78, 5) is 12.6. The Morgan fingerprint density at radius 2 is 1.74 bits per heavy atom. The molecule has 0 saturated carbocycles. The summed E-state index contributed by atoms with van der Waals surface area (Å²) in [6.45, 7) is 0.119. The first kappa shape index (κ1) is 23.8. The summed E-state index contributed by atoms with van der Waals surface area (Å²) >= 11 is 0. The molecule has 2 aromatic carbocycles. The maximum absolute atomic E-state index is 13.1. The molecule has 0 bridgehead atoms. The van der Waals surface area contributed by atoms with E-state index >= 15 is 0 Å². The van der Waals surface area contributed by atoms with Gasteiger partial charge in [-0.2, -0.15) is 17.5 Å². The van der Waals surface area contributed by atoms with Crippen molar-refractivity contribution in [2.45, 2.75) is 23.9 Å². The van der Waals surface area contributed by atoms with Crippen molar-refractivity contribution < 1.29 is 35.2 Å². The molecule has 1 N–H and O–H groups in total. The second kappa shape index (κ2) is 9.14. The van der Waals surface area contributed by atoms with E-state index in [-0.39, 0.29) is 35.5 Å². The van der Waals surface area contributed by atoms with Crippen LogP contribution in [0.3, 0.4) is 0 Å². The number of rotatable bonds is 5. The number of aromatic nitrogens is 2. The van der Waals surface area contributed by atoms with Gasteiger partial charge in [0.15, 0.2) is 0 Å². The van der Waals surface area contributed by atoms with E-state index < -0.39 is 39.4 Å². The van der Waals surface area contributed by atoms with Crippen molar-refractivity contribution in [3.8, 4) is 11.5 Å². The number of benzene rings is 2.